The van der Waals surface area contributed by atoms with Gasteiger partial charge in [-0.2, -0.15) is 0 Å². The number of hydrogen-bond donors (Lipinski definition) is 1. The molecule has 0 aliphatic rings. The Hall–Kier alpha value is -1.32. The second-order valence-electron chi connectivity index (χ2n) is 3.98. The first-order valence-electron chi connectivity index (χ1n) is 6.18. The Balaban J connectivity index is 1.82. The fourth-order valence-electron chi connectivity index (χ4n) is 1.43. The number of ether oxygens (including phenoxy) is 1. The van der Waals surface area contributed by atoms with Crippen molar-refractivity contribution in [2.45, 2.75) is 18.7 Å². The number of carbonyl (C=O) groups is 1. The Morgan fingerprint density at radius 2 is 2.29 bits per heavy atom. The van der Waals surface area contributed by atoms with Crippen LogP contribution >= 0.6 is 27.7 Å². The molecule has 0 aliphatic heterocycles. The molecule has 7 nitrogen and oxygen atoms in total. The lowest BCUT2D eigenvalue weighted by Crippen LogP contribution is -2.34. The molecule has 2 rings (SSSR count). The van der Waals surface area contributed by atoms with Crippen LogP contribution in [0.1, 0.15) is 12.8 Å². The van der Waals surface area contributed by atoms with Gasteiger partial charge in [-0.1, -0.05) is 0 Å². The fourth-order valence-corrected chi connectivity index (χ4v) is 2.54. The highest BCUT2D eigenvalue weighted by Gasteiger charge is 2.16. The van der Waals surface area contributed by atoms with Crippen LogP contribution in [0.25, 0.3) is 11.7 Å². The molecule has 0 aliphatic carbocycles. The summed E-state index contributed by atoms with van der Waals surface area (Å²) in [5, 5.41) is 7.80. The Bertz CT molecular complexity index is 601. The number of esters is 1. The van der Waals surface area contributed by atoms with E-state index < -0.39 is 12.0 Å². The molecule has 114 valence electrons. The van der Waals surface area contributed by atoms with Crippen LogP contribution in [-0.2, 0) is 15.3 Å². The molecule has 2 heterocycles. The van der Waals surface area contributed by atoms with E-state index in [1.807, 2.05) is 0 Å². The molecular formula is C12H14BrN3O4S. The van der Waals surface area contributed by atoms with E-state index in [4.69, 9.17) is 19.3 Å². The zero-order valence-corrected chi connectivity index (χ0v) is 13.6. The predicted octanol–water partition coefficient (Wildman–Crippen LogP) is 2.22. The third-order valence-electron chi connectivity index (χ3n) is 2.36. The van der Waals surface area contributed by atoms with Gasteiger partial charge >= 0.3 is 5.97 Å². The molecule has 21 heavy (non-hydrogen) atoms. The van der Waals surface area contributed by atoms with Crippen molar-refractivity contribution < 1.29 is 18.4 Å². The van der Waals surface area contributed by atoms with Crippen molar-refractivity contribution in [3.8, 4) is 11.7 Å². The van der Waals surface area contributed by atoms with E-state index in [0.717, 1.165) is 0 Å². The Kier molecular flexibility index (Phi) is 5.83. The standard InChI is InChI=1S/C12H14BrN3O4S/c1-2-18-12(17)7(14)5-21-6-10-15-16-11(20-10)8-3-4-9(13)19-8/h3-4,7H,2,5-6,14H2,1H3. The SMILES string of the molecule is CCOC(=O)C(N)CSCc1nnc(-c2ccc(Br)o2)o1. The highest BCUT2D eigenvalue weighted by molar-refractivity contribution is 9.10. The average molecular weight is 376 g/mol. The number of thioether (sulfide) groups is 1. The summed E-state index contributed by atoms with van der Waals surface area (Å²) in [7, 11) is 0. The normalized spacial score (nSPS) is 12.3. The van der Waals surface area contributed by atoms with E-state index in [2.05, 4.69) is 26.1 Å². The fraction of sp³-hybridized carbons (Fsp3) is 0.417. The van der Waals surface area contributed by atoms with Crippen LogP contribution in [0, 0.1) is 0 Å². The minimum atomic E-state index is -0.654. The smallest absolute Gasteiger partial charge is 0.323 e. The summed E-state index contributed by atoms with van der Waals surface area (Å²) in [6, 6.07) is 2.82. The van der Waals surface area contributed by atoms with Crippen LogP contribution < -0.4 is 5.73 Å². The molecule has 0 bridgehead atoms. The van der Waals surface area contributed by atoms with Crippen molar-refractivity contribution in [1.82, 2.24) is 10.2 Å². The number of hydrogen-bond acceptors (Lipinski definition) is 8. The molecule has 0 spiro atoms. The third-order valence-corrected chi connectivity index (χ3v) is 3.84. The van der Waals surface area contributed by atoms with Crippen molar-refractivity contribution in [2.75, 3.05) is 12.4 Å². The van der Waals surface area contributed by atoms with Crippen LogP contribution in [0.3, 0.4) is 0 Å². The summed E-state index contributed by atoms with van der Waals surface area (Å²) in [6.45, 7) is 2.06. The lowest BCUT2D eigenvalue weighted by Gasteiger charge is -2.08. The number of carbonyl (C=O) groups excluding carboxylic acids is 1. The van der Waals surface area contributed by atoms with Gasteiger partial charge in [0.05, 0.1) is 12.4 Å². The maximum Gasteiger partial charge on any atom is 0.323 e. The van der Waals surface area contributed by atoms with Gasteiger partial charge in [-0.25, -0.2) is 0 Å². The molecule has 9 heteroatoms. The van der Waals surface area contributed by atoms with E-state index >= 15 is 0 Å². The maximum absolute atomic E-state index is 11.3. The molecule has 0 saturated heterocycles. The van der Waals surface area contributed by atoms with Crippen molar-refractivity contribution >= 4 is 33.7 Å². The molecular weight excluding hydrogens is 362 g/mol. The van der Waals surface area contributed by atoms with Crippen LogP contribution in [0.5, 0.6) is 0 Å². The van der Waals surface area contributed by atoms with Gasteiger partial charge in [0.15, 0.2) is 10.4 Å². The van der Waals surface area contributed by atoms with E-state index in [9.17, 15) is 4.79 Å². The second-order valence-corrected chi connectivity index (χ2v) is 5.79. The first-order valence-corrected chi connectivity index (χ1v) is 8.13. The zero-order valence-electron chi connectivity index (χ0n) is 11.2. The minimum Gasteiger partial charge on any atom is -0.465 e. The number of nitrogens with zero attached hydrogens (tertiary/aromatic N) is 2. The molecule has 0 aromatic carbocycles. The minimum absolute atomic E-state index is 0.311. The Morgan fingerprint density at radius 3 is 2.95 bits per heavy atom. The van der Waals surface area contributed by atoms with Gasteiger partial charge in [0, 0.05) is 5.75 Å². The van der Waals surface area contributed by atoms with Gasteiger partial charge in [-0.3, -0.25) is 4.79 Å². The third kappa shape index (κ3) is 4.58. The average Bonchev–Trinajstić information content (AvgIpc) is 3.07. The van der Waals surface area contributed by atoms with Gasteiger partial charge in [0.25, 0.3) is 5.89 Å². The van der Waals surface area contributed by atoms with E-state index in [0.29, 0.717) is 40.3 Å². The van der Waals surface area contributed by atoms with Gasteiger partial charge in [-0.05, 0) is 35.0 Å². The van der Waals surface area contributed by atoms with Gasteiger partial charge < -0.3 is 19.3 Å². The predicted molar refractivity (Wildman–Crippen MR) is 80.5 cm³/mol. The molecule has 0 amide bonds. The van der Waals surface area contributed by atoms with Gasteiger partial charge in [0.1, 0.15) is 6.04 Å². The molecule has 0 saturated carbocycles. The molecule has 2 aromatic rings. The van der Waals surface area contributed by atoms with E-state index in [-0.39, 0.29) is 0 Å². The van der Waals surface area contributed by atoms with Crippen molar-refractivity contribution in [2.24, 2.45) is 5.73 Å². The topological polar surface area (TPSA) is 104 Å². The van der Waals surface area contributed by atoms with Crippen molar-refractivity contribution in [3.05, 3.63) is 22.7 Å². The summed E-state index contributed by atoms with van der Waals surface area (Å²) in [5.74, 6) is 1.72. The van der Waals surface area contributed by atoms with Crippen molar-refractivity contribution in [1.29, 1.82) is 0 Å². The number of halogens is 1. The van der Waals surface area contributed by atoms with Gasteiger partial charge in [0.2, 0.25) is 5.89 Å². The molecule has 1 atom stereocenters. The first kappa shape index (κ1) is 16.1. The number of aromatic nitrogens is 2. The first-order chi connectivity index (χ1) is 10.1. The van der Waals surface area contributed by atoms with Crippen LogP contribution in [0.4, 0.5) is 0 Å². The molecule has 1 unspecified atom stereocenters. The number of nitrogens with two attached hydrogens (primary N) is 1. The largest absolute Gasteiger partial charge is 0.465 e. The molecule has 0 fully saturated rings. The zero-order chi connectivity index (χ0) is 15.2. The molecule has 0 radical (unpaired) electrons. The Labute approximate surface area is 133 Å². The molecule has 2 N–H and O–H groups in total. The maximum atomic E-state index is 11.3. The summed E-state index contributed by atoms with van der Waals surface area (Å²) < 4.78 is 16.2. The lowest BCUT2D eigenvalue weighted by atomic mass is 10.4. The summed E-state index contributed by atoms with van der Waals surface area (Å²) in [6.07, 6.45) is 0. The second kappa shape index (κ2) is 7.62. The summed E-state index contributed by atoms with van der Waals surface area (Å²) in [4.78, 5) is 11.3. The summed E-state index contributed by atoms with van der Waals surface area (Å²) >= 11 is 4.62. The van der Waals surface area contributed by atoms with E-state index in [1.165, 1.54) is 11.8 Å². The van der Waals surface area contributed by atoms with Crippen molar-refractivity contribution in [3.63, 3.8) is 0 Å². The highest BCUT2D eigenvalue weighted by atomic mass is 79.9. The number of rotatable bonds is 7. The van der Waals surface area contributed by atoms with E-state index in [1.54, 1.807) is 19.1 Å². The highest BCUT2D eigenvalue weighted by Crippen LogP contribution is 2.24. The van der Waals surface area contributed by atoms with Crippen LogP contribution in [-0.4, -0.2) is 34.6 Å². The quantitative estimate of drug-likeness (QED) is 0.734. The number of furan rings is 1. The van der Waals surface area contributed by atoms with Crippen LogP contribution in [0.15, 0.2) is 25.6 Å². The lowest BCUT2D eigenvalue weighted by molar-refractivity contribution is -0.144. The van der Waals surface area contributed by atoms with Gasteiger partial charge in [-0.15, -0.1) is 22.0 Å². The monoisotopic (exact) mass is 375 g/mol. The summed E-state index contributed by atoms with van der Waals surface area (Å²) in [5.41, 5.74) is 5.68. The van der Waals surface area contributed by atoms with Crippen LogP contribution in [0.2, 0.25) is 0 Å². The molecule has 2 aromatic heterocycles. The Morgan fingerprint density at radius 1 is 1.48 bits per heavy atom.